The molecular weight excluding hydrogens is 312 g/mol. The van der Waals surface area contributed by atoms with Gasteiger partial charge in [0.2, 0.25) is 11.8 Å². The molecule has 0 saturated carbocycles. The zero-order valence-electron chi connectivity index (χ0n) is 11.6. The summed E-state index contributed by atoms with van der Waals surface area (Å²) in [7, 11) is 0. The molecule has 0 spiro atoms. The molecule has 2 aromatic heterocycles. The van der Waals surface area contributed by atoms with Crippen LogP contribution in [0, 0.1) is 13.8 Å². The zero-order chi connectivity index (χ0) is 15.1. The number of thiophene rings is 1. The molecule has 3 rings (SSSR count). The number of nitrogens with one attached hydrogen (secondary N) is 1. The van der Waals surface area contributed by atoms with Crippen molar-refractivity contribution in [1.82, 2.24) is 20.2 Å². The minimum absolute atomic E-state index is 0.160. The molecule has 8 heteroatoms. The van der Waals surface area contributed by atoms with Crippen LogP contribution in [-0.4, -0.2) is 39.8 Å². The van der Waals surface area contributed by atoms with Crippen LogP contribution in [0.1, 0.15) is 16.3 Å². The maximum absolute atomic E-state index is 11.4. The number of hydrogen-bond donors (Lipinski definition) is 1. The topological polar surface area (TPSA) is 75.2 Å². The van der Waals surface area contributed by atoms with Gasteiger partial charge in [-0.1, -0.05) is 11.6 Å². The summed E-state index contributed by atoms with van der Waals surface area (Å²) in [6, 6.07) is 0. The Bertz CT molecular complexity index is 742. The van der Waals surface area contributed by atoms with E-state index in [9.17, 15) is 9.59 Å². The highest BCUT2D eigenvalue weighted by molar-refractivity contribution is 7.18. The second-order valence-electron chi connectivity index (χ2n) is 5.01. The average Bonchev–Trinajstić information content (AvgIpc) is 2.63. The summed E-state index contributed by atoms with van der Waals surface area (Å²) in [5.41, 5.74) is 1.10. The van der Waals surface area contributed by atoms with Crippen LogP contribution in [0.2, 0.25) is 5.15 Å². The van der Waals surface area contributed by atoms with Crippen LogP contribution in [0.4, 0.5) is 0 Å². The Kier molecular flexibility index (Phi) is 3.64. The fourth-order valence-corrected chi connectivity index (χ4v) is 3.75. The molecule has 0 bridgehead atoms. The van der Waals surface area contributed by atoms with Gasteiger partial charge in [0.05, 0.1) is 25.0 Å². The summed E-state index contributed by atoms with van der Waals surface area (Å²) in [6.45, 7) is 4.66. The van der Waals surface area contributed by atoms with E-state index in [1.807, 2.05) is 13.8 Å². The molecule has 0 atom stereocenters. The zero-order valence-corrected chi connectivity index (χ0v) is 13.1. The molecule has 1 fully saturated rings. The SMILES string of the molecule is Cc1sc2nc(CN3CC(=O)NC(=O)C3)nc(Cl)c2c1C. The lowest BCUT2D eigenvalue weighted by Gasteiger charge is -2.24. The van der Waals surface area contributed by atoms with Gasteiger partial charge in [-0.3, -0.25) is 19.8 Å². The first-order valence-electron chi connectivity index (χ1n) is 6.41. The first-order chi connectivity index (χ1) is 9.94. The summed E-state index contributed by atoms with van der Waals surface area (Å²) in [5, 5.41) is 3.57. The van der Waals surface area contributed by atoms with Gasteiger partial charge in [-0.25, -0.2) is 9.97 Å². The van der Waals surface area contributed by atoms with Crippen molar-refractivity contribution in [3.05, 3.63) is 21.4 Å². The number of piperazine rings is 1. The molecule has 1 aliphatic rings. The molecule has 2 amide bonds. The van der Waals surface area contributed by atoms with Gasteiger partial charge >= 0.3 is 0 Å². The molecule has 1 saturated heterocycles. The lowest BCUT2D eigenvalue weighted by molar-refractivity contribution is -0.136. The molecule has 0 aliphatic carbocycles. The van der Waals surface area contributed by atoms with E-state index in [4.69, 9.17) is 11.6 Å². The second kappa shape index (κ2) is 5.32. The minimum atomic E-state index is -0.304. The summed E-state index contributed by atoms with van der Waals surface area (Å²) >= 11 is 7.82. The Hall–Kier alpha value is -1.57. The maximum Gasteiger partial charge on any atom is 0.240 e. The van der Waals surface area contributed by atoms with Crippen molar-refractivity contribution in [3.8, 4) is 0 Å². The van der Waals surface area contributed by atoms with Crippen LogP contribution in [0.15, 0.2) is 0 Å². The second-order valence-corrected chi connectivity index (χ2v) is 6.57. The van der Waals surface area contributed by atoms with E-state index in [0.29, 0.717) is 17.5 Å². The number of imide groups is 1. The van der Waals surface area contributed by atoms with Gasteiger partial charge in [0, 0.05) is 4.88 Å². The van der Waals surface area contributed by atoms with E-state index in [-0.39, 0.29) is 24.9 Å². The number of carbonyl (C=O) groups is 2. The average molecular weight is 325 g/mol. The van der Waals surface area contributed by atoms with Crippen LogP contribution >= 0.6 is 22.9 Å². The smallest absolute Gasteiger partial charge is 0.240 e. The Morgan fingerprint density at radius 2 is 1.90 bits per heavy atom. The number of rotatable bonds is 2. The number of halogens is 1. The molecule has 0 aromatic carbocycles. The number of aryl methyl sites for hydroxylation is 2. The largest absolute Gasteiger partial charge is 0.294 e. The van der Waals surface area contributed by atoms with E-state index >= 15 is 0 Å². The summed E-state index contributed by atoms with van der Waals surface area (Å²) in [6.07, 6.45) is 0. The third-order valence-corrected chi connectivity index (χ3v) is 4.78. The van der Waals surface area contributed by atoms with E-state index in [2.05, 4.69) is 15.3 Å². The highest BCUT2D eigenvalue weighted by Gasteiger charge is 2.23. The monoisotopic (exact) mass is 324 g/mol. The fraction of sp³-hybridized carbons (Fsp3) is 0.385. The van der Waals surface area contributed by atoms with Crippen LogP contribution in [-0.2, 0) is 16.1 Å². The molecule has 0 unspecified atom stereocenters. The van der Waals surface area contributed by atoms with Gasteiger partial charge in [-0.05, 0) is 19.4 Å². The number of aromatic nitrogens is 2. The predicted molar refractivity (Wildman–Crippen MR) is 80.3 cm³/mol. The van der Waals surface area contributed by atoms with E-state index in [0.717, 1.165) is 20.7 Å². The Morgan fingerprint density at radius 3 is 2.57 bits per heavy atom. The first kappa shape index (κ1) is 14.4. The molecule has 6 nitrogen and oxygen atoms in total. The van der Waals surface area contributed by atoms with Gasteiger partial charge in [0.25, 0.3) is 0 Å². The summed E-state index contributed by atoms with van der Waals surface area (Å²) in [5.74, 6) is -0.0845. The van der Waals surface area contributed by atoms with E-state index in [1.165, 1.54) is 0 Å². The molecule has 1 aliphatic heterocycles. The van der Waals surface area contributed by atoms with Crippen molar-refractivity contribution in [1.29, 1.82) is 0 Å². The minimum Gasteiger partial charge on any atom is -0.294 e. The lowest BCUT2D eigenvalue weighted by atomic mass is 10.2. The lowest BCUT2D eigenvalue weighted by Crippen LogP contribution is -2.51. The maximum atomic E-state index is 11.4. The van der Waals surface area contributed by atoms with Crippen molar-refractivity contribution in [2.75, 3.05) is 13.1 Å². The van der Waals surface area contributed by atoms with Crippen molar-refractivity contribution >= 4 is 45.0 Å². The summed E-state index contributed by atoms with van der Waals surface area (Å²) < 4.78 is 0. The number of carbonyl (C=O) groups excluding carboxylic acids is 2. The van der Waals surface area contributed by atoms with Gasteiger partial charge in [-0.2, -0.15) is 0 Å². The fourth-order valence-electron chi connectivity index (χ4n) is 2.32. The van der Waals surface area contributed by atoms with Crippen molar-refractivity contribution < 1.29 is 9.59 Å². The van der Waals surface area contributed by atoms with Gasteiger partial charge in [0.1, 0.15) is 15.8 Å². The molecule has 110 valence electrons. The number of fused-ring (bicyclic) bond motifs is 1. The highest BCUT2D eigenvalue weighted by Crippen LogP contribution is 2.32. The predicted octanol–water partition coefficient (Wildman–Crippen LogP) is 1.42. The van der Waals surface area contributed by atoms with Crippen LogP contribution in [0.25, 0.3) is 10.2 Å². The normalized spacial score (nSPS) is 16.5. The van der Waals surface area contributed by atoms with Crippen LogP contribution < -0.4 is 5.32 Å². The van der Waals surface area contributed by atoms with Crippen molar-refractivity contribution in [2.45, 2.75) is 20.4 Å². The first-order valence-corrected chi connectivity index (χ1v) is 7.60. The van der Waals surface area contributed by atoms with Crippen molar-refractivity contribution in [2.24, 2.45) is 0 Å². The molecule has 3 heterocycles. The Balaban J connectivity index is 1.91. The van der Waals surface area contributed by atoms with Crippen LogP contribution in [0.5, 0.6) is 0 Å². The van der Waals surface area contributed by atoms with Crippen LogP contribution in [0.3, 0.4) is 0 Å². The number of amides is 2. The molecule has 1 N–H and O–H groups in total. The number of nitrogens with zero attached hydrogens (tertiary/aromatic N) is 3. The number of hydrogen-bond acceptors (Lipinski definition) is 6. The third kappa shape index (κ3) is 2.76. The van der Waals surface area contributed by atoms with E-state index in [1.54, 1.807) is 16.2 Å². The highest BCUT2D eigenvalue weighted by atomic mass is 35.5. The molecule has 21 heavy (non-hydrogen) atoms. The molecule has 2 aromatic rings. The van der Waals surface area contributed by atoms with Gasteiger partial charge in [0.15, 0.2) is 0 Å². The third-order valence-electron chi connectivity index (χ3n) is 3.41. The van der Waals surface area contributed by atoms with Crippen molar-refractivity contribution in [3.63, 3.8) is 0 Å². The molecule has 0 radical (unpaired) electrons. The van der Waals surface area contributed by atoms with Gasteiger partial charge < -0.3 is 0 Å². The summed E-state index contributed by atoms with van der Waals surface area (Å²) in [4.78, 5) is 35.2. The Labute approximate surface area is 130 Å². The quantitative estimate of drug-likeness (QED) is 0.668. The standard InChI is InChI=1S/C13H13ClN4O2S/c1-6-7(2)21-13-11(6)12(14)15-8(16-13)3-18-4-9(19)17-10(20)5-18/h3-5H2,1-2H3,(H,17,19,20). The molecular formula is C13H13ClN4O2S. The van der Waals surface area contributed by atoms with E-state index < -0.39 is 0 Å². The Morgan fingerprint density at radius 1 is 1.24 bits per heavy atom. The van der Waals surface area contributed by atoms with Gasteiger partial charge in [-0.15, -0.1) is 11.3 Å².